The summed E-state index contributed by atoms with van der Waals surface area (Å²) >= 11 is 0. The Balaban J connectivity index is 0.00000729. The van der Waals surface area contributed by atoms with Crippen LogP contribution in [0.25, 0.3) is 0 Å². The highest BCUT2D eigenvalue weighted by Crippen LogP contribution is 2.36. The highest BCUT2D eigenvalue weighted by molar-refractivity contribution is 7.87. The van der Waals surface area contributed by atoms with E-state index >= 15 is 0 Å². The van der Waals surface area contributed by atoms with Crippen LogP contribution >= 0.6 is 0 Å². The Morgan fingerprint density at radius 1 is 1.11 bits per heavy atom. The number of rotatable bonds is 5. The molecule has 0 aromatic rings. The molecule has 1 amide bonds. The molecule has 166 valence electrons. The van der Waals surface area contributed by atoms with Crippen molar-refractivity contribution >= 4 is 22.2 Å². The summed E-state index contributed by atoms with van der Waals surface area (Å²) in [6.45, 7) is 5.42. The lowest BCUT2D eigenvalue weighted by Crippen LogP contribution is -2.50. The van der Waals surface area contributed by atoms with E-state index in [-0.39, 0.29) is 40.0 Å². The molecule has 0 aliphatic carbocycles. The van der Waals surface area contributed by atoms with Gasteiger partial charge in [0.15, 0.2) is 0 Å². The van der Waals surface area contributed by atoms with Crippen molar-refractivity contribution in [3.8, 4) is 0 Å². The van der Waals surface area contributed by atoms with Gasteiger partial charge in [-0.3, -0.25) is 8.98 Å². The molecule has 1 fully saturated rings. The molecule has 12 heteroatoms. The number of esters is 1. The van der Waals surface area contributed by atoms with Gasteiger partial charge >= 0.3 is 27.7 Å². The Kier molecular flexibility index (Phi) is 8.77. The zero-order valence-electron chi connectivity index (χ0n) is 15.6. The summed E-state index contributed by atoms with van der Waals surface area (Å²) in [5.74, 6) is -0.869. The molecule has 0 N–H and O–H groups in total. The summed E-state index contributed by atoms with van der Waals surface area (Å²) in [6.07, 6.45) is -0.888. The van der Waals surface area contributed by atoms with Gasteiger partial charge in [0.05, 0.1) is 18.6 Å². The molecule has 0 spiro atoms. The lowest BCUT2D eigenvalue weighted by atomic mass is 9.79. The number of hydrogen-bond acceptors (Lipinski definition) is 7. The average Bonchev–Trinajstić information content (AvgIpc) is 2.51. The Labute approximate surface area is 163 Å². The lowest BCUT2D eigenvalue weighted by molar-refractivity contribution is -0.161. The van der Waals surface area contributed by atoms with Crippen LogP contribution in [0.4, 0.5) is 18.0 Å². The summed E-state index contributed by atoms with van der Waals surface area (Å²) in [7, 11) is -5.85. The number of piperidine rings is 1. The average molecular weight is 435 g/mol. The Bertz CT molecular complexity index is 648. The first-order valence-electron chi connectivity index (χ1n) is 8.24. The fourth-order valence-electron chi connectivity index (χ4n) is 2.39. The summed E-state index contributed by atoms with van der Waals surface area (Å²) in [5.41, 5.74) is -7.94. The van der Waals surface area contributed by atoms with Crippen LogP contribution < -0.4 is 0 Å². The van der Waals surface area contributed by atoms with Crippen LogP contribution in [0.15, 0.2) is 0 Å². The predicted molar refractivity (Wildman–Crippen MR) is 93.8 cm³/mol. The van der Waals surface area contributed by atoms with Crippen LogP contribution in [0.2, 0.25) is 0 Å². The first kappa shape index (κ1) is 26.4. The van der Waals surface area contributed by atoms with Gasteiger partial charge in [0, 0.05) is 13.1 Å². The molecule has 1 aliphatic rings. The molecule has 0 aromatic carbocycles. The van der Waals surface area contributed by atoms with Crippen molar-refractivity contribution in [3.05, 3.63) is 0 Å². The van der Waals surface area contributed by atoms with E-state index in [1.165, 1.54) is 11.8 Å². The molecule has 28 heavy (non-hydrogen) atoms. The van der Waals surface area contributed by atoms with E-state index in [9.17, 15) is 31.2 Å². The number of carbonyl (C=O) groups excluding carboxylic acids is 2. The summed E-state index contributed by atoms with van der Waals surface area (Å²) < 4.78 is 74.0. The topological polar surface area (TPSA) is 99.2 Å². The number of ether oxygens (including phenoxy) is 2. The van der Waals surface area contributed by atoms with Crippen LogP contribution in [0.3, 0.4) is 0 Å². The monoisotopic (exact) mass is 435 g/mol. The third-order valence-corrected chi connectivity index (χ3v) is 4.85. The standard InChI is InChI=1S/C15H24F3NO7S.CH4/c1-5-24-11(20)14(10-25-27(22,23)15(16,17)18)6-8-19(9-7-14)12(21)26-13(2,3)4;/h5-10H2,1-4H3;1H4. The molecule has 1 aliphatic heterocycles. The van der Waals surface area contributed by atoms with E-state index in [0.29, 0.717) is 0 Å². The van der Waals surface area contributed by atoms with Crippen molar-refractivity contribution in [1.29, 1.82) is 0 Å². The minimum absolute atomic E-state index is 0. The minimum atomic E-state index is -5.85. The molecular weight excluding hydrogens is 407 g/mol. The summed E-state index contributed by atoms with van der Waals surface area (Å²) in [6, 6.07) is 0. The first-order chi connectivity index (χ1) is 12.1. The molecule has 0 aromatic heterocycles. The molecule has 0 bridgehead atoms. The van der Waals surface area contributed by atoms with E-state index in [2.05, 4.69) is 4.18 Å². The maximum atomic E-state index is 12.5. The van der Waals surface area contributed by atoms with Crippen molar-refractivity contribution in [2.75, 3.05) is 26.3 Å². The Morgan fingerprint density at radius 2 is 1.61 bits per heavy atom. The number of likely N-dealkylation sites (tertiary alicyclic amines) is 1. The van der Waals surface area contributed by atoms with E-state index in [1.54, 1.807) is 20.8 Å². The smallest absolute Gasteiger partial charge is 0.465 e. The largest absolute Gasteiger partial charge is 0.523 e. The van der Waals surface area contributed by atoms with Crippen LogP contribution in [-0.4, -0.2) is 62.8 Å². The third-order valence-electron chi connectivity index (χ3n) is 3.85. The molecule has 0 atom stereocenters. The van der Waals surface area contributed by atoms with E-state index < -0.39 is 45.3 Å². The Morgan fingerprint density at radius 3 is 2.00 bits per heavy atom. The van der Waals surface area contributed by atoms with Crippen molar-refractivity contribution in [2.45, 2.75) is 59.1 Å². The van der Waals surface area contributed by atoms with E-state index in [1.807, 2.05) is 0 Å². The van der Waals surface area contributed by atoms with Gasteiger partial charge < -0.3 is 14.4 Å². The van der Waals surface area contributed by atoms with Gasteiger partial charge in [-0.15, -0.1) is 0 Å². The van der Waals surface area contributed by atoms with Gasteiger partial charge in [0.1, 0.15) is 5.60 Å². The fourth-order valence-corrected chi connectivity index (χ4v) is 2.91. The predicted octanol–water partition coefficient (Wildman–Crippen LogP) is 3.07. The van der Waals surface area contributed by atoms with Gasteiger partial charge in [0.2, 0.25) is 0 Å². The van der Waals surface area contributed by atoms with Gasteiger partial charge in [-0.2, -0.15) is 21.6 Å². The number of nitrogens with zero attached hydrogens (tertiary/aromatic N) is 1. The highest BCUT2D eigenvalue weighted by atomic mass is 32.2. The molecule has 8 nitrogen and oxygen atoms in total. The highest BCUT2D eigenvalue weighted by Gasteiger charge is 2.51. The molecule has 0 saturated carbocycles. The summed E-state index contributed by atoms with van der Waals surface area (Å²) in [5, 5.41) is 0. The van der Waals surface area contributed by atoms with Crippen molar-refractivity contribution in [2.24, 2.45) is 5.41 Å². The van der Waals surface area contributed by atoms with Gasteiger partial charge in [-0.1, -0.05) is 7.43 Å². The number of amides is 1. The number of carbonyl (C=O) groups is 2. The second kappa shape index (κ2) is 9.29. The zero-order valence-corrected chi connectivity index (χ0v) is 16.4. The molecule has 1 rings (SSSR count). The Hall–Kier alpha value is -1.56. The SMILES string of the molecule is C.CCOC(=O)C1(COS(=O)(=O)C(F)(F)F)CCN(C(=O)OC(C)(C)C)CC1. The van der Waals surface area contributed by atoms with Crippen molar-refractivity contribution < 1.29 is 44.8 Å². The van der Waals surface area contributed by atoms with Crippen molar-refractivity contribution in [3.63, 3.8) is 0 Å². The van der Waals surface area contributed by atoms with Gasteiger partial charge in [-0.25, -0.2) is 4.79 Å². The van der Waals surface area contributed by atoms with Crippen LogP contribution in [0, 0.1) is 5.41 Å². The first-order valence-corrected chi connectivity index (χ1v) is 9.65. The molecule has 0 radical (unpaired) electrons. The number of alkyl halides is 3. The van der Waals surface area contributed by atoms with Gasteiger partial charge in [0.25, 0.3) is 0 Å². The van der Waals surface area contributed by atoms with E-state index in [0.717, 1.165) is 0 Å². The lowest BCUT2D eigenvalue weighted by Gasteiger charge is -2.39. The summed E-state index contributed by atoms with van der Waals surface area (Å²) in [4.78, 5) is 25.7. The zero-order chi connectivity index (χ0) is 21.1. The molecular formula is C16H28F3NO7S. The third kappa shape index (κ3) is 6.80. The molecule has 0 unspecified atom stereocenters. The maximum absolute atomic E-state index is 12.5. The molecule has 1 saturated heterocycles. The normalized spacial score (nSPS) is 17.5. The number of halogens is 3. The van der Waals surface area contributed by atoms with Crippen LogP contribution in [0.5, 0.6) is 0 Å². The van der Waals surface area contributed by atoms with Crippen LogP contribution in [0.1, 0.15) is 48.0 Å². The van der Waals surface area contributed by atoms with Crippen molar-refractivity contribution in [1.82, 2.24) is 4.90 Å². The number of hydrogen-bond donors (Lipinski definition) is 0. The minimum Gasteiger partial charge on any atom is -0.465 e. The fraction of sp³-hybridized carbons (Fsp3) is 0.875. The van der Waals surface area contributed by atoms with E-state index in [4.69, 9.17) is 9.47 Å². The maximum Gasteiger partial charge on any atom is 0.523 e. The molecule has 1 heterocycles. The quantitative estimate of drug-likeness (QED) is 0.372. The van der Waals surface area contributed by atoms with Crippen LogP contribution in [-0.2, 0) is 28.6 Å². The second-order valence-corrected chi connectivity index (χ2v) is 8.74. The van der Waals surface area contributed by atoms with Gasteiger partial charge in [-0.05, 0) is 40.5 Å². The second-order valence-electron chi connectivity index (χ2n) is 7.13.